The highest BCUT2D eigenvalue weighted by molar-refractivity contribution is 6.36. The molecular weight excluding hydrogens is 752 g/mol. The number of aromatic hydroxyl groups is 1. The van der Waals surface area contributed by atoms with Crippen LogP contribution in [-0.4, -0.2) is 104 Å². The molecule has 58 heavy (non-hydrogen) atoms. The van der Waals surface area contributed by atoms with Crippen molar-refractivity contribution in [2.75, 3.05) is 7.05 Å². The number of carbonyl (C=O) groups is 8. The summed E-state index contributed by atoms with van der Waals surface area (Å²) in [7, 11) is 1.27. The van der Waals surface area contributed by atoms with Gasteiger partial charge in [0, 0.05) is 58.3 Å². The summed E-state index contributed by atoms with van der Waals surface area (Å²) in [4.78, 5) is 114. The molecule has 2 aliphatic rings. The first-order valence-electron chi connectivity index (χ1n) is 18.8. The van der Waals surface area contributed by atoms with Crippen molar-refractivity contribution in [2.24, 2.45) is 11.7 Å². The fourth-order valence-corrected chi connectivity index (χ4v) is 7.15. The molecule has 4 unspecified atom stereocenters. The molecule has 0 spiro atoms. The van der Waals surface area contributed by atoms with E-state index in [0.29, 0.717) is 11.3 Å². The number of hydrogen-bond donors (Lipinski definition) is 7. The average Bonchev–Trinajstić information content (AvgIpc) is 3.80. The summed E-state index contributed by atoms with van der Waals surface area (Å²) in [5, 5.41) is 20.0. The third-order valence-corrected chi connectivity index (χ3v) is 10.1. The van der Waals surface area contributed by atoms with Gasteiger partial charge in [0.1, 0.15) is 35.5 Å². The second-order valence-electron chi connectivity index (χ2n) is 15.1. The lowest BCUT2D eigenvalue weighted by molar-refractivity contribution is -0.149. The molecule has 2 aliphatic heterocycles. The number of primary amides is 1. The minimum Gasteiger partial charge on any atom is -0.508 e. The molecule has 2 aromatic carbocycles. The Hall–Kier alpha value is -6.59. The number of esters is 1. The molecule has 5 atom stereocenters. The number of nitrogens with one attached hydrogen (secondary N) is 5. The minimum absolute atomic E-state index is 0.0236. The third-order valence-electron chi connectivity index (χ3n) is 10.1. The zero-order valence-corrected chi connectivity index (χ0v) is 32.4. The molecule has 0 aliphatic carbocycles. The van der Waals surface area contributed by atoms with Gasteiger partial charge < -0.3 is 46.7 Å². The highest BCUT2D eigenvalue weighted by Gasteiger charge is 2.42. The molecule has 0 saturated carbocycles. The molecule has 18 heteroatoms. The molecule has 1 saturated heterocycles. The van der Waals surface area contributed by atoms with Gasteiger partial charge in [0.15, 0.2) is 0 Å². The first kappa shape index (κ1) is 42.6. The summed E-state index contributed by atoms with van der Waals surface area (Å²) >= 11 is 0. The van der Waals surface area contributed by atoms with Crippen molar-refractivity contribution in [1.29, 1.82) is 0 Å². The number of aromatic amines is 1. The summed E-state index contributed by atoms with van der Waals surface area (Å²) < 4.78 is 5.32. The number of H-pyrrole nitrogens is 1. The number of nitrogens with zero attached hydrogens (tertiary/aromatic N) is 2. The fourth-order valence-electron chi connectivity index (χ4n) is 7.15. The normalized spacial score (nSPS) is 18.4. The van der Waals surface area contributed by atoms with E-state index in [1.54, 1.807) is 32.0 Å². The van der Waals surface area contributed by atoms with Gasteiger partial charge in [-0.1, -0.05) is 36.4 Å². The zero-order chi connectivity index (χ0) is 42.1. The molecule has 3 heterocycles. The van der Waals surface area contributed by atoms with E-state index >= 15 is 0 Å². The molecule has 1 aromatic heterocycles. The van der Waals surface area contributed by atoms with Gasteiger partial charge in [0.25, 0.3) is 5.91 Å². The molecule has 0 bridgehead atoms. The number of aromatic nitrogens is 2. The van der Waals surface area contributed by atoms with Crippen LogP contribution in [0.15, 0.2) is 61.1 Å². The zero-order valence-electron chi connectivity index (χ0n) is 32.4. The molecule has 1 fully saturated rings. The number of carbonyl (C=O) groups excluding carboxylic acids is 8. The second-order valence-corrected chi connectivity index (χ2v) is 15.1. The van der Waals surface area contributed by atoms with Gasteiger partial charge in [-0.05, 0) is 49.1 Å². The Bertz CT molecular complexity index is 2030. The van der Waals surface area contributed by atoms with E-state index in [9.17, 15) is 43.5 Å². The molecule has 5 rings (SSSR count). The van der Waals surface area contributed by atoms with Crippen LogP contribution in [0.5, 0.6) is 5.75 Å². The second kappa shape index (κ2) is 18.6. The van der Waals surface area contributed by atoms with Crippen LogP contribution < -0.4 is 27.0 Å². The first-order chi connectivity index (χ1) is 27.5. The van der Waals surface area contributed by atoms with Crippen molar-refractivity contribution >= 4 is 47.2 Å². The van der Waals surface area contributed by atoms with E-state index in [-0.39, 0.29) is 50.8 Å². The van der Waals surface area contributed by atoms with Gasteiger partial charge in [-0.25, -0.2) is 4.98 Å². The van der Waals surface area contributed by atoms with E-state index in [0.717, 1.165) is 11.1 Å². The summed E-state index contributed by atoms with van der Waals surface area (Å²) in [5.41, 5.74) is 7.55. The Balaban J connectivity index is 1.41. The van der Waals surface area contributed by atoms with Gasteiger partial charge in [-0.3, -0.25) is 38.4 Å². The van der Waals surface area contributed by atoms with Crippen LogP contribution >= 0.6 is 0 Å². The average molecular weight is 801 g/mol. The number of rotatable bonds is 17. The molecule has 308 valence electrons. The predicted octanol–water partition coefficient (Wildman–Crippen LogP) is -0.379. The number of imidazole rings is 1. The van der Waals surface area contributed by atoms with Crippen molar-refractivity contribution in [2.45, 2.75) is 95.1 Å². The first-order valence-corrected chi connectivity index (χ1v) is 18.8. The van der Waals surface area contributed by atoms with Gasteiger partial charge in [-0.2, -0.15) is 0 Å². The number of ether oxygens (including phenoxy) is 1. The summed E-state index contributed by atoms with van der Waals surface area (Å²) in [6.07, 6.45) is 1.89. The van der Waals surface area contributed by atoms with Crippen molar-refractivity contribution in [3.63, 3.8) is 0 Å². The number of nitrogens with two attached hydrogens (primary N) is 1. The van der Waals surface area contributed by atoms with Crippen molar-refractivity contribution < 1.29 is 48.2 Å². The minimum atomic E-state index is -1.44. The van der Waals surface area contributed by atoms with Crippen LogP contribution in [0.2, 0.25) is 0 Å². The molecule has 0 radical (unpaired) electrons. The summed E-state index contributed by atoms with van der Waals surface area (Å²) in [6.45, 7) is 3.45. The van der Waals surface area contributed by atoms with Crippen LogP contribution in [0.25, 0.3) is 0 Å². The largest absolute Gasteiger partial charge is 0.508 e. The number of hydrogen-bond acceptors (Lipinski definition) is 11. The van der Waals surface area contributed by atoms with Crippen molar-refractivity contribution in [1.82, 2.24) is 36.1 Å². The Kier molecular flexibility index (Phi) is 13.6. The Morgan fingerprint density at radius 3 is 2.24 bits per heavy atom. The van der Waals surface area contributed by atoms with Crippen molar-refractivity contribution in [3.8, 4) is 5.75 Å². The number of amides is 6. The highest BCUT2D eigenvalue weighted by atomic mass is 16.6. The molecule has 6 amide bonds. The molecule has 3 aromatic rings. The number of phenols is 1. The number of phenolic OH excluding ortho intramolecular Hbond substituents is 1. The Morgan fingerprint density at radius 2 is 1.62 bits per heavy atom. The lowest BCUT2D eigenvalue weighted by Crippen LogP contribution is -2.60. The van der Waals surface area contributed by atoms with Crippen LogP contribution in [0, 0.1) is 5.92 Å². The maximum atomic E-state index is 14.5. The van der Waals surface area contributed by atoms with E-state index in [4.69, 9.17) is 10.5 Å². The van der Waals surface area contributed by atoms with E-state index in [1.807, 2.05) is 18.2 Å². The van der Waals surface area contributed by atoms with Crippen molar-refractivity contribution in [3.05, 3.63) is 83.4 Å². The predicted molar refractivity (Wildman–Crippen MR) is 205 cm³/mol. The van der Waals surface area contributed by atoms with E-state index < -0.39 is 89.3 Å². The van der Waals surface area contributed by atoms with Crippen LogP contribution in [0.3, 0.4) is 0 Å². The third kappa shape index (κ3) is 11.0. The molecule has 8 N–H and O–H groups in total. The molecule has 18 nitrogen and oxygen atoms in total. The standard InChI is InChI=1S/C40H48N8O10/c1-40(2)18-25(39(57)58-40)16-33(51)45-28(12-13-32(50)37(55)42-3)35(53)46-29(17-26-19-43-21-44-26)36(54)47-30(14-22-8-10-27(49)11-9-22)38(56)48-20-24-7-5-4-6-23(24)15-31(48)34(41)52/h4-11,19,21,25,28-31,49H,12-18,20H2,1-3H3,(H2,41,52)(H,42,55)(H,43,44)(H,45,51)(H,46,53)(H,47,54)/t25?,28?,29?,30?,31-/m0/s1. The number of ketones is 1. The Labute approximate surface area is 334 Å². The number of fused-ring (bicyclic) bond motifs is 1. The smallest absolute Gasteiger partial charge is 0.310 e. The fraction of sp³-hybridized carbons (Fsp3) is 0.425. The molecular formula is C40H48N8O10. The maximum absolute atomic E-state index is 14.5. The number of cyclic esters (lactones) is 1. The lowest BCUT2D eigenvalue weighted by atomic mass is 9.92. The highest BCUT2D eigenvalue weighted by Crippen LogP contribution is 2.32. The van der Waals surface area contributed by atoms with Crippen LogP contribution in [0.1, 0.15) is 61.9 Å². The maximum Gasteiger partial charge on any atom is 0.310 e. The van der Waals surface area contributed by atoms with Gasteiger partial charge in [-0.15, -0.1) is 0 Å². The lowest BCUT2D eigenvalue weighted by Gasteiger charge is -2.37. The Morgan fingerprint density at radius 1 is 0.948 bits per heavy atom. The summed E-state index contributed by atoms with van der Waals surface area (Å²) in [5.74, 6) is -6.93. The van der Waals surface area contributed by atoms with Gasteiger partial charge in [0.2, 0.25) is 35.3 Å². The SMILES string of the molecule is CNC(=O)C(=O)CCC(NC(=O)CC1CC(C)(C)OC1=O)C(=O)NC(Cc1c[nH]cn1)C(=O)NC(Cc1ccc(O)cc1)C(=O)N1Cc2ccccc2C[C@H]1C(N)=O. The van der Waals surface area contributed by atoms with E-state index in [2.05, 4.69) is 31.2 Å². The van der Waals surface area contributed by atoms with Gasteiger partial charge >= 0.3 is 5.97 Å². The topological polar surface area (TPSA) is 272 Å². The van der Waals surface area contributed by atoms with E-state index in [1.165, 1.54) is 36.6 Å². The number of Topliss-reactive ketones (excluding diaryl/α,β-unsaturated/α-hetero) is 1. The van der Waals surface area contributed by atoms with Gasteiger partial charge in [0.05, 0.1) is 17.9 Å². The number of likely N-dealkylation sites (N-methyl/N-ethyl adjacent to an activating group) is 1. The summed E-state index contributed by atoms with van der Waals surface area (Å²) in [6, 6.07) is 8.08. The quantitative estimate of drug-likeness (QED) is 0.0683. The number of benzene rings is 2. The van der Waals surface area contributed by atoms with Crippen LogP contribution in [-0.2, 0) is 68.9 Å². The monoisotopic (exact) mass is 800 g/mol. The van der Waals surface area contributed by atoms with Crippen LogP contribution in [0.4, 0.5) is 0 Å².